The van der Waals surface area contributed by atoms with Crippen LogP contribution in [0.25, 0.3) is 0 Å². The molecule has 2 saturated heterocycles. The van der Waals surface area contributed by atoms with E-state index in [1.165, 1.54) is 0 Å². The van der Waals surface area contributed by atoms with E-state index in [-0.39, 0.29) is 22.6 Å². The number of hydrogen-bond acceptors (Lipinski definition) is 4. The number of carbonyl (C=O) groups excluding carboxylic acids is 3. The summed E-state index contributed by atoms with van der Waals surface area (Å²) in [5, 5.41) is 0. The van der Waals surface area contributed by atoms with E-state index in [1.54, 1.807) is 28.8 Å². The van der Waals surface area contributed by atoms with Crippen molar-refractivity contribution in [3.8, 4) is 0 Å². The third-order valence-electron chi connectivity index (χ3n) is 4.36. The number of nitrogens with zero attached hydrogens (tertiary/aromatic N) is 1. The summed E-state index contributed by atoms with van der Waals surface area (Å²) < 4.78 is 0. The van der Waals surface area contributed by atoms with E-state index in [0.29, 0.717) is 17.7 Å². The van der Waals surface area contributed by atoms with E-state index in [0.717, 1.165) is 12.0 Å². The zero-order valence-electron chi connectivity index (χ0n) is 13.1. The molecule has 1 aromatic rings. The Morgan fingerprint density at radius 2 is 1.96 bits per heavy atom. The van der Waals surface area contributed by atoms with Crippen LogP contribution in [0.4, 0.5) is 0 Å². The first-order valence-corrected chi connectivity index (χ1v) is 8.52. The van der Waals surface area contributed by atoms with Gasteiger partial charge in [0.05, 0.1) is 4.87 Å². The highest BCUT2D eigenvalue weighted by molar-refractivity contribution is 8.01. The molecule has 23 heavy (non-hydrogen) atoms. The van der Waals surface area contributed by atoms with E-state index in [4.69, 9.17) is 0 Å². The van der Waals surface area contributed by atoms with E-state index in [1.807, 2.05) is 26.0 Å². The first kappa shape index (κ1) is 15.9. The fraction of sp³-hybridized carbons (Fsp3) is 0.438. The Hall–Kier alpha value is -2.02. The van der Waals surface area contributed by atoms with Gasteiger partial charge in [0.25, 0.3) is 11.8 Å². The quantitative estimate of drug-likeness (QED) is 0.798. The zero-order valence-corrected chi connectivity index (χ0v) is 13.9. The molecule has 3 amide bonds. The monoisotopic (exact) mass is 333 g/mol. The molecular formula is C16H19N3O3S. The molecule has 0 saturated carbocycles. The number of thioether (sulfide) groups is 1. The maximum absolute atomic E-state index is 12.3. The second-order valence-electron chi connectivity index (χ2n) is 6.07. The molecule has 3 rings (SSSR count). The summed E-state index contributed by atoms with van der Waals surface area (Å²) in [6.45, 7) is 3.92. The van der Waals surface area contributed by atoms with Gasteiger partial charge in [0.1, 0.15) is 6.04 Å². The molecule has 0 spiro atoms. The molecule has 2 atom stereocenters. The minimum atomic E-state index is -0.529. The van der Waals surface area contributed by atoms with Crippen LogP contribution < -0.4 is 10.9 Å². The normalized spacial score (nSPS) is 26.1. The molecule has 2 N–H and O–H groups in total. The molecule has 0 unspecified atom stereocenters. The number of carbonyl (C=O) groups is 3. The molecule has 122 valence electrons. The lowest BCUT2D eigenvalue weighted by Crippen LogP contribution is -2.54. The predicted octanol–water partition coefficient (Wildman–Crippen LogP) is 1.21. The molecule has 0 aliphatic carbocycles. The summed E-state index contributed by atoms with van der Waals surface area (Å²) in [4.78, 5) is 37.7. The molecule has 6 nitrogen and oxygen atoms in total. The average molecular weight is 333 g/mol. The molecule has 2 fully saturated rings. The highest BCUT2D eigenvalue weighted by Crippen LogP contribution is 2.47. The van der Waals surface area contributed by atoms with Gasteiger partial charge in [0.2, 0.25) is 5.91 Å². The minimum absolute atomic E-state index is 0.00233. The number of benzene rings is 1. The van der Waals surface area contributed by atoms with Crippen molar-refractivity contribution >= 4 is 29.5 Å². The summed E-state index contributed by atoms with van der Waals surface area (Å²) >= 11 is 1.62. The van der Waals surface area contributed by atoms with Crippen LogP contribution >= 0.6 is 11.8 Å². The van der Waals surface area contributed by atoms with Gasteiger partial charge in [-0.3, -0.25) is 25.2 Å². The highest BCUT2D eigenvalue weighted by atomic mass is 32.2. The molecule has 0 radical (unpaired) electrons. The highest BCUT2D eigenvalue weighted by Gasteiger charge is 2.52. The van der Waals surface area contributed by atoms with Gasteiger partial charge < -0.3 is 4.90 Å². The van der Waals surface area contributed by atoms with Crippen LogP contribution in [0.15, 0.2) is 24.3 Å². The van der Waals surface area contributed by atoms with E-state index < -0.39 is 6.04 Å². The summed E-state index contributed by atoms with van der Waals surface area (Å²) in [7, 11) is 0. The van der Waals surface area contributed by atoms with Crippen molar-refractivity contribution < 1.29 is 14.4 Å². The number of aryl methyl sites for hydroxylation is 1. The van der Waals surface area contributed by atoms with Gasteiger partial charge in [-0.25, -0.2) is 0 Å². The first-order chi connectivity index (χ1) is 10.9. The van der Waals surface area contributed by atoms with E-state index >= 15 is 0 Å². The molecule has 2 aliphatic rings. The topological polar surface area (TPSA) is 78.5 Å². The van der Waals surface area contributed by atoms with Crippen molar-refractivity contribution in [3.05, 3.63) is 35.4 Å². The summed E-state index contributed by atoms with van der Waals surface area (Å²) in [6.07, 6.45) is 1.24. The Morgan fingerprint density at radius 3 is 2.65 bits per heavy atom. The van der Waals surface area contributed by atoms with Crippen molar-refractivity contribution in [3.63, 3.8) is 0 Å². The minimum Gasteiger partial charge on any atom is -0.315 e. The van der Waals surface area contributed by atoms with Crippen molar-refractivity contribution in [2.45, 2.75) is 37.6 Å². The van der Waals surface area contributed by atoms with Gasteiger partial charge in [0.15, 0.2) is 0 Å². The summed E-state index contributed by atoms with van der Waals surface area (Å²) in [5.41, 5.74) is 6.39. The van der Waals surface area contributed by atoms with Crippen LogP contribution in [-0.4, -0.2) is 39.3 Å². The Morgan fingerprint density at radius 1 is 1.26 bits per heavy atom. The predicted molar refractivity (Wildman–Crippen MR) is 87.5 cm³/mol. The first-order valence-electron chi connectivity index (χ1n) is 7.54. The molecule has 0 aromatic heterocycles. The number of hydrogen-bond donors (Lipinski definition) is 2. The second-order valence-corrected chi connectivity index (χ2v) is 7.58. The van der Waals surface area contributed by atoms with E-state index in [2.05, 4.69) is 10.9 Å². The van der Waals surface area contributed by atoms with Crippen molar-refractivity contribution in [2.24, 2.45) is 0 Å². The Kier molecular flexibility index (Phi) is 4.06. The van der Waals surface area contributed by atoms with Gasteiger partial charge in [-0.15, -0.1) is 11.8 Å². The third kappa shape index (κ3) is 2.93. The van der Waals surface area contributed by atoms with E-state index in [9.17, 15) is 14.4 Å². The van der Waals surface area contributed by atoms with Crippen molar-refractivity contribution in [1.29, 1.82) is 0 Å². The molecule has 1 aromatic carbocycles. The van der Waals surface area contributed by atoms with Crippen molar-refractivity contribution in [1.82, 2.24) is 15.8 Å². The fourth-order valence-corrected chi connectivity index (χ4v) is 4.43. The summed E-state index contributed by atoms with van der Waals surface area (Å²) in [5.74, 6) is -0.173. The number of nitrogens with one attached hydrogen (secondary N) is 2. The number of fused-ring (bicyclic) bond motifs is 1. The molecule has 2 heterocycles. The van der Waals surface area contributed by atoms with Gasteiger partial charge in [-0.2, -0.15) is 0 Å². The lowest BCUT2D eigenvalue weighted by atomic mass is 10.1. The second kappa shape index (κ2) is 5.88. The molecule has 0 bridgehead atoms. The third-order valence-corrected chi connectivity index (χ3v) is 5.87. The van der Waals surface area contributed by atoms with Crippen LogP contribution in [-0.2, 0) is 9.59 Å². The number of rotatable bonds is 2. The fourth-order valence-electron chi connectivity index (χ4n) is 2.99. The summed E-state index contributed by atoms with van der Waals surface area (Å²) in [6, 6.07) is 6.53. The Bertz CT molecular complexity index is 661. The molecular weight excluding hydrogens is 314 g/mol. The van der Waals surface area contributed by atoms with Crippen LogP contribution in [0.3, 0.4) is 0 Å². The van der Waals surface area contributed by atoms with Gasteiger partial charge in [-0.1, -0.05) is 17.7 Å². The molecule has 7 heteroatoms. The van der Waals surface area contributed by atoms with Crippen LogP contribution in [0.2, 0.25) is 0 Å². The lowest BCUT2D eigenvalue weighted by Gasteiger charge is -2.29. The largest absolute Gasteiger partial charge is 0.315 e. The van der Waals surface area contributed by atoms with Crippen LogP contribution in [0.5, 0.6) is 0 Å². The van der Waals surface area contributed by atoms with Gasteiger partial charge >= 0.3 is 0 Å². The standard InChI is InChI=1S/C16H19N3O3S/c1-10-3-5-11(6-4-10)14(21)17-18-15(22)12-9-23-16(2)8-7-13(20)19(12)16/h3-6,12H,7-9H2,1-2H3,(H,17,21)(H,18,22)/t12-,16+/m1/s1. The van der Waals surface area contributed by atoms with Gasteiger partial charge in [0, 0.05) is 17.7 Å². The zero-order chi connectivity index (χ0) is 16.6. The Labute approximate surface area is 139 Å². The van der Waals surface area contributed by atoms with Crippen LogP contribution in [0.1, 0.15) is 35.7 Å². The molecule has 2 aliphatic heterocycles. The lowest BCUT2D eigenvalue weighted by molar-refractivity contribution is -0.138. The maximum atomic E-state index is 12.3. The smallest absolute Gasteiger partial charge is 0.269 e. The van der Waals surface area contributed by atoms with Gasteiger partial charge in [-0.05, 0) is 32.4 Å². The average Bonchev–Trinajstić information content (AvgIpc) is 3.02. The van der Waals surface area contributed by atoms with Crippen molar-refractivity contribution in [2.75, 3.05) is 5.75 Å². The van der Waals surface area contributed by atoms with Crippen LogP contribution in [0, 0.1) is 6.92 Å². The number of hydrazine groups is 1. The SMILES string of the molecule is Cc1ccc(C(=O)NNC(=O)[C@H]2CS[C@@]3(C)CCC(=O)N23)cc1. The maximum Gasteiger partial charge on any atom is 0.269 e. The Balaban J connectivity index is 1.60. The number of amides is 3.